The molecule has 2 rings (SSSR count). The number of benzene rings is 2. The van der Waals surface area contributed by atoms with Crippen LogP contribution in [0.4, 0.5) is 17.1 Å². The van der Waals surface area contributed by atoms with Crippen LogP contribution in [0.5, 0.6) is 0 Å². The Hall–Kier alpha value is -2.05. The summed E-state index contributed by atoms with van der Waals surface area (Å²) in [4.78, 5) is -0.148. The van der Waals surface area contributed by atoms with Gasteiger partial charge in [0.15, 0.2) is 0 Å². The fourth-order valence-electron chi connectivity index (χ4n) is 1.65. The molecular formula is C13H14N2O3S. The van der Waals surface area contributed by atoms with Gasteiger partial charge in [-0.3, -0.25) is 4.55 Å². The summed E-state index contributed by atoms with van der Waals surface area (Å²) in [7, 11) is -4.19. The maximum absolute atomic E-state index is 11.0. The highest BCUT2D eigenvalue weighted by Crippen LogP contribution is 2.22. The Balaban J connectivity index is 2.31. The first kappa shape index (κ1) is 13.4. The zero-order valence-electron chi connectivity index (χ0n) is 10.3. The van der Waals surface area contributed by atoms with Crippen LogP contribution in [0.1, 0.15) is 5.56 Å². The second kappa shape index (κ2) is 4.91. The van der Waals surface area contributed by atoms with E-state index in [1.807, 2.05) is 13.0 Å². The highest BCUT2D eigenvalue weighted by molar-refractivity contribution is 7.85. The Kier molecular flexibility index (Phi) is 3.46. The van der Waals surface area contributed by atoms with Gasteiger partial charge < -0.3 is 11.1 Å². The molecule has 0 fully saturated rings. The summed E-state index contributed by atoms with van der Waals surface area (Å²) in [5.74, 6) is 0. The van der Waals surface area contributed by atoms with Gasteiger partial charge in [0.25, 0.3) is 10.1 Å². The number of aryl methyl sites for hydroxylation is 1. The third-order valence-corrected chi connectivity index (χ3v) is 3.54. The minimum atomic E-state index is -4.19. The number of rotatable bonds is 3. The van der Waals surface area contributed by atoms with Gasteiger partial charge in [-0.1, -0.05) is 6.07 Å². The zero-order chi connectivity index (χ0) is 14.0. The van der Waals surface area contributed by atoms with Gasteiger partial charge in [-0.15, -0.1) is 0 Å². The average molecular weight is 278 g/mol. The van der Waals surface area contributed by atoms with Gasteiger partial charge in [-0.25, -0.2) is 0 Å². The molecular weight excluding hydrogens is 264 g/mol. The Morgan fingerprint density at radius 3 is 2.42 bits per heavy atom. The summed E-state index contributed by atoms with van der Waals surface area (Å²) in [6.45, 7) is 1.88. The van der Waals surface area contributed by atoms with Crippen LogP contribution in [0.15, 0.2) is 47.4 Å². The van der Waals surface area contributed by atoms with E-state index in [1.165, 1.54) is 12.1 Å². The number of anilines is 3. The molecule has 0 aliphatic heterocycles. The summed E-state index contributed by atoms with van der Waals surface area (Å²) in [5.41, 5.74) is 8.70. The van der Waals surface area contributed by atoms with Crippen LogP contribution in [-0.2, 0) is 10.1 Å². The molecule has 0 amide bonds. The molecule has 0 unspecified atom stereocenters. The van der Waals surface area contributed by atoms with E-state index in [0.29, 0.717) is 11.4 Å². The molecule has 6 heteroatoms. The lowest BCUT2D eigenvalue weighted by Crippen LogP contribution is -1.99. The number of nitrogen functional groups attached to an aromatic ring is 1. The monoisotopic (exact) mass is 278 g/mol. The van der Waals surface area contributed by atoms with Crippen LogP contribution < -0.4 is 11.1 Å². The molecule has 0 aliphatic carbocycles. The molecule has 0 radical (unpaired) electrons. The van der Waals surface area contributed by atoms with E-state index in [-0.39, 0.29) is 4.90 Å². The van der Waals surface area contributed by atoms with E-state index >= 15 is 0 Å². The van der Waals surface area contributed by atoms with Gasteiger partial charge in [0, 0.05) is 17.1 Å². The summed E-state index contributed by atoms with van der Waals surface area (Å²) in [6, 6.07) is 11.4. The van der Waals surface area contributed by atoms with E-state index in [9.17, 15) is 8.42 Å². The van der Waals surface area contributed by atoms with E-state index in [1.54, 1.807) is 24.3 Å². The smallest absolute Gasteiger partial charge is 0.294 e. The molecule has 2 aromatic rings. The van der Waals surface area contributed by atoms with Crippen LogP contribution >= 0.6 is 0 Å². The highest BCUT2D eigenvalue weighted by atomic mass is 32.2. The first-order valence-corrected chi connectivity index (χ1v) is 7.01. The molecule has 0 aromatic heterocycles. The molecule has 0 saturated carbocycles. The number of nitrogens with two attached hydrogens (primary N) is 1. The lowest BCUT2D eigenvalue weighted by Gasteiger charge is -2.09. The van der Waals surface area contributed by atoms with E-state index in [4.69, 9.17) is 10.3 Å². The fourth-order valence-corrected chi connectivity index (χ4v) is 2.18. The van der Waals surface area contributed by atoms with Crippen molar-refractivity contribution in [1.29, 1.82) is 0 Å². The highest BCUT2D eigenvalue weighted by Gasteiger charge is 2.09. The van der Waals surface area contributed by atoms with E-state index < -0.39 is 10.1 Å². The van der Waals surface area contributed by atoms with Gasteiger partial charge in [-0.2, -0.15) is 8.42 Å². The van der Waals surface area contributed by atoms with Crippen molar-refractivity contribution in [3.63, 3.8) is 0 Å². The maximum atomic E-state index is 11.0. The maximum Gasteiger partial charge on any atom is 0.294 e. The molecule has 0 spiro atoms. The molecule has 19 heavy (non-hydrogen) atoms. The lowest BCUT2D eigenvalue weighted by molar-refractivity contribution is 0.483. The Labute approximate surface area is 111 Å². The number of nitrogens with one attached hydrogen (secondary N) is 1. The molecule has 2 aromatic carbocycles. The van der Waals surface area contributed by atoms with Gasteiger partial charge in [-0.05, 0) is 48.9 Å². The standard InChI is InChI=1S/C13H14N2O3S/c1-9-7-11(5-6-13(9)14)15-10-3-2-4-12(8-10)19(16,17)18/h2-8,15H,14H2,1H3,(H,16,17,18). The molecule has 4 N–H and O–H groups in total. The second-order valence-electron chi connectivity index (χ2n) is 4.20. The fraction of sp³-hybridized carbons (Fsp3) is 0.0769. The van der Waals surface area contributed by atoms with Crippen molar-refractivity contribution in [3.8, 4) is 0 Å². The third-order valence-electron chi connectivity index (χ3n) is 2.69. The zero-order valence-corrected chi connectivity index (χ0v) is 11.1. The van der Waals surface area contributed by atoms with Crippen molar-refractivity contribution < 1.29 is 13.0 Å². The first-order chi connectivity index (χ1) is 8.86. The Bertz CT molecular complexity index is 712. The average Bonchev–Trinajstić information content (AvgIpc) is 2.33. The predicted octanol–water partition coefficient (Wildman–Crippen LogP) is 2.57. The molecule has 0 saturated heterocycles. The quantitative estimate of drug-likeness (QED) is 0.592. The van der Waals surface area contributed by atoms with Gasteiger partial charge in [0.2, 0.25) is 0 Å². The third kappa shape index (κ3) is 3.24. The Morgan fingerprint density at radius 1 is 1.11 bits per heavy atom. The summed E-state index contributed by atoms with van der Waals surface area (Å²) in [5, 5.41) is 3.05. The topological polar surface area (TPSA) is 92.4 Å². The van der Waals surface area contributed by atoms with Gasteiger partial charge in [0.05, 0.1) is 4.90 Å². The van der Waals surface area contributed by atoms with Crippen molar-refractivity contribution in [3.05, 3.63) is 48.0 Å². The minimum Gasteiger partial charge on any atom is -0.399 e. The number of hydrogen-bond donors (Lipinski definition) is 3. The van der Waals surface area contributed by atoms with E-state index in [2.05, 4.69) is 5.32 Å². The largest absolute Gasteiger partial charge is 0.399 e. The van der Waals surface area contributed by atoms with Crippen molar-refractivity contribution in [1.82, 2.24) is 0 Å². The minimum absolute atomic E-state index is 0.148. The lowest BCUT2D eigenvalue weighted by atomic mass is 10.2. The molecule has 5 nitrogen and oxygen atoms in total. The Morgan fingerprint density at radius 2 is 1.79 bits per heavy atom. The summed E-state index contributed by atoms with van der Waals surface area (Å²) < 4.78 is 31.1. The molecule has 0 aliphatic rings. The van der Waals surface area contributed by atoms with Gasteiger partial charge >= 0.3 is 0 Å². The normalized spacial score (nSPS) is 11.3. The molecule has 0 heterocycles. The molecule has 0 bridgehead atoms. The van der Waals surface area contributed by atoms with Crippen LogP contribution in [-0.4, -0.2) is 13.0 Å². The predicted molar refractivity (Wildman–Crippen MR) is 75.1 cm³/mol. The number of hydrogen-bond acceptors (Lipinski definition) is 4. The first-order valence-electron chi connectivity index (χ1n) is 5.57. The van der Waals surface area contributed by atoms with Crippen molar-refractivity contribution in [2.45, 2.75) is 11.8 Å². The molecule has 100 valence electrons. The van der Waals surface area contributed by atoms with Crippen LogP contribution in [0.3, 0.4) is 0 Å². The second-order valence-corrected chi connectivity index (χ2v) is 5.62. The van der Waals surface area contributed by atoms with Crippen LogP contribution in [0.25, 0.3) is 0 Å². The molecule has 0 atom stereocenters. The van der Waals surface area contributed by atoms with Crippen molar-refractivity contribution in [2.75, 3.05) is 11.1 Å². The van der Waals surface area contributed by atoms with Gasteiger partial charge in [0.1, 0.15) is 0 Å². The van der Waals surface area contributed by atoms with Crippen LogP contribution in [0, 0.1) is 6.92 Å². The SMILES string of the molecule is Cc1cc(Nc2cccc(S(=O)(=O)O)c2)ccc1N. The van der Waals surface area contributed by atoms with Crippen molar-refractivity contribution >= 4 is 27.2 Å². The van der Waals surface area contributed by atoms with Crippen molar-refractivity contribution in [2.24, 2.45) is 0 Å². The summed E-state index contributed by atoms with van der Waals surface area (Å²) in [6.07, 6.45) is 0. The summed E-state index contributed by atoms with van der Waals surface area (Å²) >= 11 is 0. The van der Waals surface area contributed by atoms with E-state index in [0.717, 1.165) is 11.3 Å². The van der Waals surface area contributed by atoms with Crippen LogP contribution in [0.2, 0.25) is 0 Å².